The van der Waals surface area contributed by atoms with Crippen LogP contribution in [0.25, 0.3) is 0 Å². The Morgan fingerprint density at radius 1 is 1.12 bits per heavy atom. The summed E-state index contributed by atoms with van der Waals surface area (Å²) < 4.78 is 1.82. The van der Waals surface area contributed by atoms with Crippen LogP contribution in [0.2, 0.25) is 5.02 Å². The van der Waals surface area contributed by atoms with E-state index in [1.165, 1.54) is 11.8 Å². The van der Waals surface area contributed by atoms with E-state index in [1.54, 1.807) is 18.2 Å². The quantitative estimate of drug-likeness (QED) is 0.441. The Kier molecular flexibility index (Phi) is 8.15. The van der Waals surface area contributed by atoms with Crippen LogP contribution in [-0.2, 0) is 11.8 Å². The molecule has 2 amide bonds. The Balaban J connectivity index is 1.68. The molecule has 1 aromatic heterocycles. The lowest BCUT2D eigenvalue weighted by Gasteiger charge is -2.22. The van der Waals surface area contributed by atoms with E-state index < -0.39 is 0 Å². The van der Waals surface area contributed by atoms with Crippen LogP contribution in [0.15, 0.2) is 47.6 Å². The minimum Gasteiger partial charge on any atom is -0.342 e. The highest BCUT2D eigenvalue weighted by atomic mass is 35.5. The Labute approximate surface area is 203 Å². The molecule has 0 bridgehead atoms. The van der Waals surface area contributed by atoms with Gasteiger partial charge in [-0.05, 0) is 49.6 Å². The average molecular weight is 486 g/mol. The highest BCUT2D eigenvalue weighted by Gasteiger charge is 2.25. The minimum atomic E-state index is -0.326. The minimum absolute atomic E-state index is 0.0913. The summed E-state index contributed by atoms with van der Waals surface area (Å²) in [6.07, 6.45) is 0. The first-order valence-corrected chi connectivity index (χ1v) is 12.0. The van der Waals surface area contributed by atoms with E-state index in [4.69, 9.17) is 11.6 Å². The van der Waals surface area contributed by atoms with Gasteiger partial charge in [0.05, 0.1) is 11.8 Å². The number of carbonyl (C=O) groups excluding carboxylic acids is 2. The fourth-order valence-corrected chi connectivity index (χ4v) is 4.21. The number of nitrogens with zero attached hydrogens (tertiary/aromatic N) is 3. The smallest absolute Gasteiger partial charge is 0.251 e. The van der Waals surface area contributed by atoms with Gasteiger partial charge in [-0.1, -0.05) is 61.0 Å². The molecule has 0 spiro atoms. The number of carbonyl (C=O) groups is 2. The van der Waals surface area contributed by atoms with Gasteiger partial charge in [0.1, 0.15) is 0 Å². The molecule has 0 saturated carbocycles. The topological polar surface area (TPSA) is 88.9 Å². The summed E-state index contributed by atoms with van der Waals surface area (Å²) >= 11 is 7.41. The molecule has 2 aromatic carbocycles. The van der Waals surface area contributed by atoms with Gasteiger partial charge in [0.25, 0.3) is 5.91 Å². The number of hydrogen-bond acceptors (Lipinski definition) is 5. The molecule has 2 N–H and O–H groups in total. The number of benzene rings is 2. The number of anilines is 1. The predicted octanol–water partition coefficient (Wildman–Crippen LogP) is 4.94. The number of rotatable bonds is 8. The molecule has 3 aromatic rings. The lowest BCUT2D eigenvalue weighted by Crippen LogP contribution is -2.33. The molecule has 0 aliphatic heterocycles. The van der Waals surface area contributed by atoms with Gasteiger partial charge >= 0.3 is 0 Å². The van der Waals surface area contributed by atoms with Crippen LogP contribution >= 0.6 is 23.4 Å². The van der Waals surface area contributed by atoms with Crippen LogP contribution in [0.5, 0.6) is 0 Å². The first kappa shape index (κ1) is 24.8. The molecule has 0 aliphatic rings. The molecule has 174 valence electrons. The van der Waals surface area contributed by atoms with Crippen LogP contribution in [-0.4, -0.2) is 32.3 Å². The molecule has 3 rings (SSSR count). The van der Waals surface area contributed by atoms with Crippen molar-refractivity contribution in [1.29, 1.82) is 0 Å². The summed E-state index contributed by atoms with van der Waals surface area (Å²) in [4.78, 5) is 25.3. The fourth-order valence-electron chi connectivity index (χ4n) is 3.32. The molecule has 0 saturated heterocycles. The predicted molar refractivity (Wildman–Crippen MR) is 133 cm³/mol. The molecule has 0 radical (unpaired) electrons. The van der Waals surface area contributed by atoms with E-state index in [0.29, 0.717) is 27.3 Å². The molecule has 0 aliphatic carbocycles. The van der Waals surface area contributed by atoms with Gasteiger partial charge in [0, 0.05) is 23.3 Å². The van der Waals surface area contributed by atoms with Gasteiger partial charge in [-0.15, -0.1) is 10.2 Å². The molecule has 0 fully saturated rings. The monoisotopic (exact) mass is 485 g/mol. The number of nitrogens with one attached hydrogen (secondary N) is 2. The normalized spacial score (nSPS) is 12.0. The van der Waals surface area contributed by atoms with Crippen molar-refractivity contribution in [1.82, 2.24) is 20.1 Å². The second kappa shape index (κ2) is 10.9. The van der Waals surface area contributed by atoms with Gasteiger partial charge in [0.15, 0.2) is 11.0 Å². The third-order valence-corrected chi connectivity index (χ3v) is 6.68. The van der Waals surface area contributed by atoms with Crippen molar-refractivity contribution < 1.29 is 9.59 Å². The number of aromatic nitrogens is 3. The van der Waals surface area contributed by atoms with Crippen LogP contribution < -0.4 is 10.6 Å². The van der Waals surface area contributed by atoms with Gasteiger partial charge in [-0.3, -0.25) is 9.59 Å². The molecule has 1 heterocycles. The number of hydrogen-bond donors (Lipinski definition) is 2. The zero-order chi connectivity index (χ0) is 24.1. The molecular formula is C24H28ClN5O2S. The summed E-state index contributed by atoms with van der Waals surface area (Å²) in [7, 11) is 1.84. The van der Waals surface area contributed by atoms with Gasteiger partial charge in [-0.2, -0.15) is 0 Å². The number of halogens is 1. The summed E-state index contributed by atoms with van der Waals surface area (Å²) in [6, 6.07) is 12.5. The molecular weight excluding hydrogens is 458 g/mol. The van der Waals surface area contributed by atoms with E-state index >= 15 is 0 Å². The molecule has 9 heteroatoms. The maximum absolute atomic E-state index is 12.8. The number of amides is 2. The van der Waals surface area contributed by atoms with Crippen molar-refractivity contribution in [3.05, 3.63) is 70.0 Å². The highest BCUT2D eigenvalue weighted by molar-refractivity contribution is 7.99. The van der Waals surface area contributed by atoms with Crippen molar-refractivity contribution in [2.45, 2.75) is 38.9 Å². The number of aryl methyl sites for hydroxylation is 1. The Hall–Kier alpha value is -2.84. The summed E-state index contributed by atoms with van der Waals surface area (Å²) in [6.45, 7) is 7.84. The van der Waals surface area contributed by atoms with Crippen molar-refractivity contribution in [2.24, 2.45) is 13.0 Å². The third-order valence-electron chi connectivity index (χ3n) is 5.25. The first-order chi connectivity index (χ1) is 15.7. The highest BCUT2D eigenvalue weighted by Crippen LogP contribution is 2.26. The molecule has 33 heavy (non-hydrogen) atoms. The Morgan fingerprint density at radius 3 is 2.55 bits per heavy atom. The fraction of sp³-hybridized carbons (Fsp3) is 0.333. The standard InChI is InChI=1S/C24H28ClN5O2S/c1-14(2)21(27-23(32)17-9-6-8-15(3)12-17)22-28-29-24(30(22)5)33-13-20(31)26-19-11-7-10-18(25)16(19)4/h6-12,14,21H,13H2,1-5H3,(H,26,31)(H,27,32)/t21-/m0/s1. The van der Waals surface area contributed by atoms with E-state index in [9.17, 15) is 9.59 Å². The number of thioether (sulfide) groups is 1. The lowest BCUT2D eigenvalue weighted by atomic mass is 10.0. The maximum atomic E-state index is 12.8. The van der Waals surface area contributed by atoms with Crippen molar-refractivity contribution >= 4 is 40.9 Å². The van der Waals surface area contributed by atoms with Gasteiger partial charge < -0.3 is 15.2 Å². The zero-order valence-corrected chi connectivity index (χ0v) is 20.9. The van der Waals surface area contributed by atoms with Crippen LogP contribution in [0, 0.1) is 19.8 Å². The molecule has 1 atom stereocenters. The van der Waals surface area contributed by atoms with Crippen molar-refractivity contribution in [3.8, 4) is 0 Å². The van der Waals surface area contributed by atoms with E-state index in [0.717, 1.165) is 11.1 Å². The largest absolute Gasteiger partial charge is 0.342 e. The zero-order valence-electron chi connectivity index (χ0n) is 19.3. The second-order valence-electron chi connectivity index (χ2n) is 8.21. The SMILES string of the molecule is Cc1cccc(C(=O)N[C@H](c2nnc(SCC(=O)Nc3cccc(Cl)c3C)n2C)C(C)C)c1. The van der Waals surface area contributed by atoms with E-state index in [-0.39, 0.29) is 29.5 Å². The first-order valence-electron chi connectivity index (χ1n) is 10.6. The Morgan fingerprint density at radius 2 is 1.85 bits per heavy atom. The lowest BCUT2D eigenvalue weighted by molar-refractivity contribution is -0.113. The van der Waals surface area contributed by atoms with Gasteiger partial charge in [0.2, 0.25) is 5.91 Å². The average Bonchev–Trinajstić information content (AvgIpc) is 3.13. The third kappa shape index (κ3) is 6.15. The summed E-state index contributed by atoms with van der Waals surface area (Å²) in [5.41, 5.74) is 3.13. The van der Waals surface area contributed by atoms with Gasteiger partial charge in [-0.25, -0.2) is 0 Å². The molecule has 7 nitrogen and oxygen atoms in total. The second-order valence-corrected chi connectivity index (χ2v) is 9.56. The maximum Gasteiger partial charge on any atom is 0.251 e. The van der Waals surface area contributed by atoms with Crippen LogP contribution in [0.1, 0.15) is 47.2 Å². The van der Waals surface area contributed by atoms with Crippen molar-refractivity contribution in [2.75, 3.05) is 11.1 Å². The summed E-state index contributed by atoms with van der Waals surface area (Å²) in [5, 5.41) is 15.7. The Bertz CT molecular complexity index is 1160. The van der Waals surface area contributed by atoms with Crippen molar-refractivity contribution in [3.63, 3.8) is 0 Å². The van der Waals surface area contributed by atoms with Crippen LogP contribution in [0.3, 0.4) is 0 Å². The molecule has 0 unspecified atom stereocenters. The van der Waals surface area contributed by atoms with Crippen LogP contribution in [0.4, 0.5) is 5.69 Å². The van der Waals surface area contributed by atoms with E-state index in [1.807, 2.05) is 63.6 Å². The van der Waals surface area contributed by atoms with E-state index in [2.05, 4.69) is 20.8 Å². The summed E-state index contributed by atoms with van der Waals surface area (Å²) in [5.74, 6) is 0.571.